The zero-order chi connectivity index (χ0) is 17.6. The lowest BCUT2D eigenvalue weighted by molar-refractivity contribution is -0.121. The van der Waals surface area contributed by atoms with E-state index in [4.69, 9.17) is 25.8 Å². The average Bonchev–Trinajstić information content (AvgIpc) is 3.06. The van der Waals surface area contributed by atoms with Gasteiger partial charge in [-0.15, -0.1) is 0 Å². The first-order chi connectivity index (χ1) is 12.1. The van der Waals surface area contributed by atoms with Gasteiger partial charge in [-0.1, -0.05) is 17.7 Å². The van der Waals surface area contributed by atoms with Gasteiger partial charge in [0.2, 0.25) is 12.7 Å². The van der Waals surface area contributed by atoms with Crippen molar-refractivity contribution < 1.29 is 19.0 Å². The maximum absolute atomic E-state index is 11.9. The summed E-state index contributed by atoms with van der Waals surface area (Å²) in [5.74, 6) is 2.25. The number of nitrogens with one attached hydrogen (secondary N) is 1. The molecule has 2 aromatic rings. The van der Waals surface area contributed by atoms with Crippen LogP contribution in [0.15, 0.2) is 36.4 Å². The first-order valence-electron chi connectivity index (χ1n) is 8.16. The van der Waals surface area contributed by atoms with Crippen molar-refractivity contribution in [1.29, 1.82) is 0 Å². The number of fused-ring (bicyclic) bond motifs is 1. The smallest absolute Gasteiger partial charge is 0.231 e. The summed E-state index contributed by atoms with van der Waals surface area (Å²) in [7, 11) is 0. The molecule has 3 rings (SSSR count). The number of ether oxygens (including phenoxy) is 3. The molecule has 6 heteroatoms. The minimum atomic E-state index is -0.00547. The maximum Gasteiger partial charge on any atom is 0.231 e. The van der Waals surface area contributed by atoms with Gasteiger partial charge in [0.05, 0.1) is 6.61 Å². The van der Waals surface area contributed by atoms with E-state index in [9.17, 15) is 4.79 Å². The van der Waals surface area contributed by atoms with Crippen LogP contribution < -0.4 is 19.5 Å². The number of benzene rings is 2. The molecule has 2 aromatic carbocycles. The third-order valence-corrected chi connectivity index (χ3v) is 4.10. The second kappa shape index (κ2) is 8.12. The molecule has 0 radical (unpaired) electrons. The van der Waals surface area contributed by atoms with Crippen LogP contribution in [-0.2, 0) is 11.3 Å². The second-order valence-electron chi connectivity index (χ2n) is 5.83. The summed E-state index contributed by atoms with van der Waals surface area (Å²) in [6, 6.07) is 11.1. The lowest BCUT2D eigenvalue weighted by atomic mass is 10.2. The number of hydrogen-bond donors (Lipinski definition) is 1. The fraction of sp³-hybridized carbons (Fsp3) is 0.316. The molecule has 1 aliphatic rings. The highest BCUT2D eigenvalue weighted by molar-refractivity contribution is 6.30. The molecule has 1 amide bonds. The minimum absolute atomic E-state index is 0.00547. The van der Waals surface area contributed by atoms with Gasteiger partial charge in [-0.05, 0) is 54.8 Å². The van der Waals surface area contributed by atoms with Crippen LogP contribution in [0.3, 0.4) is 0 Å². The molecule has 5 nitrogen and oxygen atoms in total. The molecule has 0 aliphatic carbocycles. The average molecular weight is 362 g/mol. The van der Waals surface area contributed by atoms with Gasteiger partial charge >= 0.3 is 0 Å². The predicted octanol–water partition coefficient (Wildman–Crippen LogP) is 3.85. The molecule has 25 heavy (non-hydrogen) atoms. The Balaban J connectivity index is 1.37. The van der Waals surface area contributed by atoms with Crippen molar-refractivity contribution >= 4 is 17.5 Å². The molecule has 0 saturated carbocycles. The summed E-state index contributed by atoms with van der Waals surface area (Å²) in [6.07, 6.45) is 1.06. The normalized spacial score (nSPS) is 12.1. The van der Waals surface area contributed by atoms with Crippen LogP contribution in [0.2, 0.25) is 5.02 Å². The second-order valence-corrected chi connectivity index (χ2v) is 6.26. The Hall–Kier alpha value is -2.40. The Morgan fingerprint density at radius 1 is 1.20 bits per heavy atom. The Bertz CT molecular complexity index is 763. The fourth-order valence-corrected chi connectivity index (χ4v) is 2.76. The molecule has 0 unspecified atom stereocenters. The maximum atomic E-state index is 11.9. The minimum Gasteiger partial charge on any atom is -0.493 e. The van der Waals surface area contributed by atoms with Crippen LogP contribution in [0, 0.1) is 6.92 Å². The number of aryl methyl sites for hydroxylation is 1. The molecule has 0 atom stereocenters. The van der Waals surface area contributed by atoms with E-state index in [1.165, 1.54) is 0 Å². The number of carbonyl (C=O) groups is 1. The summed E-state index contributed by atoms with van der Waals surface area (Å²) < 4.78 is 16.3. The summed E-state index contributed by atoms with van der Waals surface area (Å²) >= 11 is 5.91. The highest BCUT2D eigenvalue weighted by Gasteiger charge is 2.13. The van der Waals surface area contributed by atoms with E-state index in [0.717, 1.165) is 28.4 Å². The van der Waals surface area contributed by atoms with Gasteiger partial charge in [0.1, 0.15) is 5.75 Å². The number of carbonyl (C=O) groups excluding carboxylic acids is 1. The molecular weight excluding hydrogens is 342 g/mol. The highest BCUT2D eigenvalue weighted by Crippen LogP contribution is 2.32. The number of halogens is 1. The van der Waals surface area contributed by atoms with E-state index in [1.54, 1.807) is 6.07 Å². The quantitative estimate of drug-likeness (QED) is 0.761. The van der Waals surface area contributed by atoms with Crippen LogP contribution in [0.1, 0.15) is 24.0 Å². The van der Waals surface area contributed by atoms with Crippen LogP contribution in [-0.4, -0.2) is 19.3 Å². The van der Waals surface area contributed by atoms with E-state index in [-0.39, 0.29) is 12.7 Å². The summed E-state index contributed by atoms with van der Waals surface area (Å²) in [6.45, 7) is 3.14. The number of amides is 1. The van der Waals surface area contributed by atoms with Crippen molar-refractivity contribution in [2.45, 2.75) is 26.3 Å². The topological polar surface area (TPSA) is 56.8 Å². The first kappa shape index (κ1) is 17.4. The Kier molecular flexibility index (Phi) is 5.66. The van der Waals surface area contributed by atoms with Gasteiger partial charge in [0, 0.05) is 18.0 Å². The molecular formula is C19H20ClNO4. The van der Waals surface area contributed by atoms with Crippen LogP contribution >= 0.6 is 11.6 Å². The van der Waals surface area contributed by atoms with Gasteiger partial charge < -0.3 is 19.5 Å². The van der Waals surface area contributed by atoms with Crippen LogP contribution in [0.4, 0.5) is 0 Å². The summed E-state index contributed by atoms with van der Waals surface area (Å²) in [5, 5.41) is 3.59. The zero-order valence-electron chi connectivity index (χ0n) is 14.0. The van der Waals surface area contributed by atoms with E-state index in [1.807, 2.05) is 37.3 Å². The zero-order valence-corrected chi connectivity index (χ0v) is 14.8. The first-order valence-corrected chi connectivity index (χ1v) is 8.54. The number of hydrogen-bond acceptors (Lipinski definition) is 4. The molecule has 0 saturated heterocycles. The predicted molar refractivity (Wildman–Crippen MR) is 95.3 cm³/mol. The van der Waals surface area contributed by atoms with Crippen molar-refractivity contribution in [3.63, 3.8) is 0 Å². The van der Waals surface area contributed by atoms with Gasteiger partial charge in [0.25, 0.3) is 0 Å². The SMILES string of the molecule is Cc1cc(Cl)ccc1OCCCC(=O)NCc1ccc2c(c1)OCO2. The summed E-state index contributed by atoms with van der Waals surface area (Å²) in [4.78, 5) is 11.9. The van der Waals surface area contributed by atoms with Gasteiger partial charge in [0.15, 0.2) is 11.5 Å². The Labute approximate surface area is 151 Å². The Morgan fingerprint density at radius 3 is 2.88 bits per heavy atom. The molecule has 0 spiro atoms. The molecule has 0 bridgehead atoms. The standard InChI is InChI=1S/C19H20ClNO4/c1-13-9-15(20)5-7-16(13)23-8-2-3-19(22)21-11-14-4-6-17-18(10-14)25-12-24-17/h4-7,9-10H,2-3,8,11-12H2,1H3,(H,21,22). The summed E-state index contributed by atoms with van der Waals surface area (Å²) in [5.41, 5.74) is 1.96. The van der Waals surface area contributed by atoms with E-state index in [2.05, 4.69) is 5.32 Å². The van der Waals surface area contributed by atoms with Crippen molar-refractivity contribution in [3.05, 3.63) is 52.5 Å². The van der Waals surface area contributed by atoms with Crippen molar-refractivity contribution in [2.24, 2.45) is 0 Å². The fourth-order valence-electron chi connectivity index (χ4n) is 2.53. The molecule has 0 fully saturated rings. The van der Waals surface area contributed by atoms with Crippen LogP contribution in [0.25, 0.3) is 0 Å². The third-order valence-electron chi connectivity index (χ3n) is 3.87. The van der Waals surface area contributed by atoms with E-state index in [0.29, 0.717) is 31.0 Å². The van der Waals surface area contributed by atoms with Gasteiger partial charge in [-0.3, -0.25) is 4.79 Å². The van der Waals surface area contributed by atoms with Crippen LogP contribution in [0.5, 0.6) is 17.2 Å². The van der Waals surface area contributed by atoms with E-state index < -0.39 is 0 Å². The van der Waals surface area contributed by atoms with Crippen molar-refractivity contribution in [2.75, 3.05) is 13.4 Å². The van der Waals surface area contributed by atoms with Gasteiger partial charge in [-0.25, -0.2) is 0 Å². The molecule has 132 valence electrons. The lowest BCUT2D eigenvalue weighted by Crippen LogP contribution is -2.23. The Morgan fingerprint density at radius 2 is 2.04 bits per heavy atom. The molecule has 1 N–H and O–H groups in total. The monoisotopic (exact) mass is 361 g/mol. The van der Waals surface area contributed by atoms with Gasteiger partial charge in [-0.2, -0.15) is 0 Å². The largest absolute Gasteiger partial charge is 0.493 e. The molecule has 1 aliphatic heterocycles. The van der Waals surface area contributed by atoms with Crippen molar-refractivity contribution in [1.82, 2.24) is 5.32 Å². The van der Waals surface area contributed by atoms with Crippen molar-refractivity contribution in [3.8, 4) is 17.2 Å². The molecule has 1 heterocycles. The van der Waals surface area contributed by atoms with E-state index >= 15 is 0 Å². The highest BCUT2D eigenvalue weighted by atomic mass is 35.5. The third kappa shape index (κ3) is 4.79. The number of rotatable bonds is 7. The lowest BCUT2D eigenvalue weighted by Gasteiger charge is -2.09. The molecule has 0 aromatic heterocycles.